The summed E-state index contributed by atoms with van der Waals surface area (Å²) in [7, 11) is -2.82. The van der Waals surface area contributed by atoms with E-state index in [2.05, 4.69) is 10.1 Å². The Kier molecular flexibility index (Phi) is 8.26. The van der Waals surface area contributed by atoms with Crippen LogP contribution in [0.3, 0.4) is 0 Å². The van der Waals surface area contributed by atoms with E-state index < -0.39 is 32.6 Å². The van der Waals surface area contributed by atoms with Crippen LogP contribution in [-0.4, -0.2) is 69.1 Å². The molecule has 9 nitrogen and oxygen atoms in total. The van der Waals surface area contributed by atoms with E-state index >= 15 is 0 Å². The van der Waals surface area contributed by atoms with Gasteiger partial charge in [-0.05, 0) is 74.5 Å². The Hall–Kier alpha value is -2.87. The fourth-order valence-electron chi connectivity index (χ4n) is 3.70. The van der Waals surface area contributed by atoms with Crippen molar-refractivity contribution in [3.63, 3.8) is 0 Å². The lowest BCUT2D eigenvalue weighted by Gasteiger charge is -2.37. The first-order chi connectivity index (χ1) is 16.5. The topological polar surface area (TPSA) is 114 Å². The number of nitrogens with one attached hydrogen (secondary N) is 1. The molecule has 3 rings (SSSR count). The van der Waals surface area contributed by atoms with E-state index in [9.17, 15) is 31.6 Å². The van der Waals surface area contributed by atoms with Crippen LogP contribution < -0.4 is 14.8 Å². The van der Waals surface area contributed by atoms with E-state index in [0.29, 0.717) is 5.06 Å². The van der Waals surface area contributed by atoms with Crippen LogP contribution in [0.15, 0.2) is 53.4 Å². The van der Waals surface area contributed by atoms with Crippen LogP contribution in [0.1, 0.15) is 12.8 Å². The van der Waals surface area contributed by atoms with E-state index in [1.54, 1.807) is 0 Å². The predicted molar refractivity (Wildman–Crippen MR) is 117 cm³/mol. The number of hydroxylamine groups is 2. The van der Waals surface area contributed by atoms with Gasteiger partial charge in [0.2, 0.25) is 0 Å². The number of benzene rings is 2. The molecule has 0 radical (unpaired) electrons. The molecule has 1 fully saturated rings. The Bertz CT molecular complexity index is 1100. The van der Waals surface area contributed by atoms with Crippen molar-refractivity contribution in [2.24, 2.45) is 0 Å². The molecule has 35 heavy (non-hydrogen) atoms. The molecule has 13 heteroatoms. The lowest BCUT2D eigenvalue weighted by molar-refractivity contribution is -0.274. The molecule has 0 aromatic heterocycles. The number of sulfone groups is 1. The maximum atomic E-state index is 13.6. The van der Waals surface area contributed by atoms with Crippen molar-refractivity contribution in [1.82, 2.24) is 10.4 Å². The summed E-state index contributed by atoms with van der Waals surface area (Å²) in [6, 6.07) is 9.99. The second-order valence-corrected chi connectivity index (χ2v) is 10.0. The van der Waals surface area contributed by atoms with E-state index in [1.165, 1.54) is 43.5 Å². The first-order valence-electron chi connectivity index (χ1n) is 10.6. The van der Waals surface area contributed by atoms with E-state index in [0.717, 1.165) is 12.1 Å². The predicted octanol–water partition coefficient (Wildman–Crippen LogP) is 3.14. The number of rotatable bonds is 9. The number of alkyl halides is 3. The summed E-state index contributed by atoms with van der Waals surface area (Å²) in [5, 5.41) is 13.6. The highest BCUT2D eigenvalue weighted by atomic mass is 32.2. The Morgan fingerprint density at radius 2 is 1.54 bits per heavy atom. The van der Waals surface area contributed by atoms with Gasteiger partial charge in [0.05, 0.1) is 18.0 Å². The molecule has 0 unspecified atom stereocenters. The number of methoxy groups -OCH3 is 1. The summed E-state index contributed by atoms with van der Waals surface area (Å²) < 4.78 is 76.4. The van der Waals surface area contributed by atoms with E-state index in [1.807, 2.05) is 0 Å². The first-order valence-corrected chi connectivity index (χ1v) is 12.1. The Morgan fingerprint density at radius 3 is 2.06 bits per heavy atom. The van der Waals surface area contributed by atoms with E-state index in [4.69, 9.17) is 9.47 Å². The van der Waals surface area contributed by atoms with Crippen LogP contribution in [-0.2, 0) is 19.4 Å². The summed E-state index contributed by atoms with van der Waals surface area (Å²) in [4.78, 5) is 12.9. The minimum Gasteiger partial charge on any atom is -0.457 e. The fourth-order valence-corrected chi connectivity index (χ4v) is 5.72. The molecule has 1 aliphatic heterocycles. The van der Waals surface area contributed by atoms with E-state index in [-0.39, 0.29) is 55.5 Å². The van der Waals surface area contributed by atoms with Gasteiger partial charge in [0, 0.05) is 7.11 Å². The van der Waals surface area contributed by atoms with Crippen molar-refractivity contribution in [1.29, 1.82) is 0 Å². The van der Waals surface area contributed by atoms with Crippen LogP contribution in [0.5, 0.6) is 17.2 Å². The van der Waals surface area contributed by atoms with Gasteiger partial charge in [-0.25, -0.2) is 13.5 Å². The van der Waals surface area contributed by atoms with Gasteiger partial charge < -0.3 is 19.5 Å². The van der Waals surface area contributed by atoms with Crippen molar-refractivity contribution >= 4 is 15.7 Å². The SMILES string of the molecule is COCCN(O)C(=O)C1(S(=O)(=O)c2ccc(Oc3ccc(OC(F)(F)F)cc3)cc2)CCNCC1. The van der Waals surface area contributed by atoms with Gasteiger partial charge in [-0.1, -0.05) is 0 Å². The highest BCUT2D eigenvalue weighted by molar-refractivity contribution is 7.93. The van der Waals surface area contributed by atoms with Crippen molar-refractivity contribution in [2.75, 3.05) is 33.4 Å². The number of hydrogen-bond acceptors (Lipinski definition) is 8. The monoisotopic (exact) mass is 518 g/mol. The maximum absolute atomic E-state index is 13.6. The number of ether oxygens (including phenoxy) is 3. The number of nitrogens with zero attached hydrogens (tertiary/aromatic N) is 1. The third-order valence-corrected chi connectivity index (χ3v) is 7.99. The van der Waals surface area contributed by atoms with Crippen molar-refractivity contribution in [3.8, 4) is 17.2 Å². The minimum absolute atomic E-state index is 0.0250. The third-order valence-electron chi connectivity index (χ3n) is 5.48. The highest BCUT2D eigenvalue weighted by Crippen LogP contribution is 2.36. The molecule has 0 atom stereocenters. The standard InChI is InChI=1S/C22H25F3N2O7S/c1-32-15-14-27(29)20(28)21(10-12-26-13-11-21)35(30,31)19-8-6-17(7-9-19)33-16-2-4-18(5-3-16)34-22(23,24)25/h2-9,26,29H,10-15H2,1H3. The molecular weight excluding hydrogens is 493 g/mol. The summed E-state index contributed by atoms with van der Waals surface area (Å²) in [6.07, 6.45) is -4.86. The van der Waals surface area contributed by atoms with Crippen LogP contribution in [0, 0.1) is 0 Å². The van der Waals surface area contributed by atoms with Crippen LogP contribution in [0.2, 0.25) is 0 Å². The molecule has 1 amide bonds. The second-order valence-electron chi connectivity index (χ2n) is 7.76. The molecule has 2 aromatic rings. The summed E-state index contributed by atoms with van der Waals surface area (Å²) in [6.45, 7) is 0.405. The van der Waals surface area contributed by atoms with Gasteiger partial charge in [0.1, 0.15) is 17.2 Å². The number of hydrogen-bond donors (Lipinski definition) is 2. The molecule has 1 heterocycles. The van der Waals surface area contributed by atoms with Crippen LogP contribution in [0.25, 0.3) is 0 Å². The maximum Gasteiger partial charge on any atom is 0.573 e. The molecule has 0 bridgehead atoms. The van der Waals surface area contributed by atoms with Gasteiger partial charge in [-0.15, -0.1) is 13.2 Å². The fraction of sp³-hybridized carbons (Fsp3) is 0.409. The number of halogens is 3. The lowest BCUT2D eigenvalue weighted by Crippen LogP contribution is -2.58. The number of amides is 1. The third kappa shape index (κ3) is 6.23. The van der Waals surface area contributed by atoms with Crippen molar-refractivity contribution in [2.45, 2.75) is 28.8 Å². The molecule has 0 spiro atoms. The Morgan fingerprint density at radius 1 is 1.03 bits per heavy atom. The zero-order chi connectivity index (χ0) is 25.7. The van der Waals surface area contributed by atoms with Gasteiger partial charge in [0.15, 0.2) is 14.6 Å². The van der Waals surface area contributed by atoms with Gasteiger partial charge in [0.25, 0.3) is 5.91 Å². The van der Waals surface area contributed by atoms with Gasteiger partial charge >= 0.3 is 6.36 Å². The van der Waals surface area contributed by atoms with Crippen LogP contribution in [0.4, 0.5) is 13.2 Å². The minimum atomic E-state index is -4.81. The first kappa shape index (κ1) is 26.7. The van der Waals surface area contributed by atoms with Crippen molar-refractivity contribution < 1.29 is 45.8 Å². The quantitative estimate of drug-likeness (QED) is 0.385. The smallest absolute Gasteiger partial charge is 0.457 e. The molecule has 0 saturated carbocycles. The molecule has 2 aromatic carbocycles. The van der Waals surface area contributed by atoms with Crippen molar-refractivity contribution in [3.05, 3.63) is 48.5 Å². The second kappa shape index (κ2) is 10.8. The Balaban J connectivity index is 1.80. The molecule has 192 valence electrons. The lowest BCUT2D eigenvalue weighted by atomic mass is 9.95. The van der Waals surface area contributed by atoms with Gasteiger partial charge in [-0.2, -0.15) is 0 Å². The zero-order valence-corrected chi connectivity index (χ0v) is 19.6. The number of piperidine rings is 1. The summed E-state index contributed by atoms with van der Waals surface area (Å²) >= 11 is 0. The van der Waals surface area contributed by atoms with Crippen LogP contribution >= 0.6 is 0 Å². The summed E-state index contributed by atoms with van der Waals surface area (Å²) in [5.41, 5.74) is 0. The average molecular weight is 519 g/mol. The van der Waals surface area contributed by atoms with Gasteiger partial charge in [-0.3, -0.25) is 10.0 Å². The number of carbonyl (C=O) groups is 1. The largest absolute Gasteiger partial charge is 0.573 e. The molecule has 0 aliphatic carbocycles. The number of carbonyl (C=O) groups excluding carboxylic acids is 1. The molecule has 1 aliphatic rings. The highest BCUT2D eigenvalue weighted by Gasteiger charge is 2.53. The average Bonchev–Trinajstić information content (AvgIpc) is 2.83. The normalized spacial score (nSPS) is 15.9. The molecule has 2 N–H and O–H groups in total. The summed E-state index contributed by atoms with van der Waals surface area (Å²) in [5.74, 6) is -0.901. The molecular formula is C22H25F3N2O7S. The zero-order valence-electron chi connectivity index (χ0n) is 18.7. The Labute approximate surface area is 200 Å². The molecule has 1 saturated heterocycles.